The summed E-state index contributed by atoms with van der Waals surface area (Å²) >= 11 is 0. The first-order valence-electron chi connectivity index (χ1n) is 8.79. The molecule has 0 radical (unpaired) electrons. The maximum Gasteiger partial charge on any atom is 0.225 e. The fraction of sp³-hybridized carbons (Fsp3) is 0.579. The lowest BCUT2D eigenvalue weighted by Crippen LogP contribution is -2.33. The van der Waals surface area contributed by atoms with Crippen LogP contribution in [0, 0.1) is 5.92 Å². The van der Waals surface area contributed by atoms with E-state index in [0.717, 1.165) is 17.7 Å². The zero-order valence-corrected chi connectivity index (χ0v) is 15.3. The van der Waals surface area contributed by atoms with Crippen LogP contribution in [-0.2, 0) is 20.9 Å². The molecule has 1 aliphatic rings. The zero-order chi connectivity index (χ0) is 18.2. The van der Waals surface area contributed by atoms with Crippen molar-refractivity contribution in [2.45, 2.75) is 39.3 Å². The van der Waals surface area contributed by atoms with Crippen LogP contribution in [0.25, 0.3) is 0 Å². The fourth-order valence-corrected chi connectivity index (χ4v) is 2.80. The summed E-state index contributed by atoms with van der Waals surface area (Å²) in [7, 11) is 1.62. The van der Waals surface area contributed by atoms with Gasteiger partial charge in [0.2, 0.25) is 11.8 Å². The standard InChI is InChI=1S/C19H28N2O4/c1-14(2)25-10-4-9-20-19(23)16-11-18(22)21(13-16)12-15-5-7-17(24-3)8-6-15/h5-8,14,16H,4,9-13H2,1-3H3,(H,20,23)/t16-/m1/s1. The van der Waals surface area contributed by atoms with Gasteiger partial charge in [-0.05, 0) is 38.0 Å². The molecule has 0 spiro atoms. The van der Waals surface area contributed by atoms with Gasteiger partial charge >= 0.3 is 0 Å². The number of ether oxygens (including phenoxy) is 2. The number of likely N-dealkylation sites (tertiary alicyclic amines) is 1. The third-order valence-electron chi connectivity index (χ3n) is 4.19. The lowest BCUT2D eigenvalue weighted by Gasteiger charge is -2.17. The van der Waals surface area contributed by atoms with Crippen LogP contribution in [0.15, 0.2) is 24.3 Å². The van der Waals surface area contributed by atoms with E-state index < -0.39 is 0 Å². The van der Waals surface area contributed by atoms with Crippen molar-refractivity contribution in [3.05, 3.63) is 29.8 Å². The van der Waals surface area contributed by atoms with E-state index in [4.69, 9.17) is 9.47 Å². The van der Waals surface area contributed by atoms with Crippen molar-refractivity contribution < 1.29 is 19.1 Å². The van der Waals surface area contributed by atoms with Gasteiger partial charge in [0.1, 0.15) is 5.75 Å². The summed E-state index contributed by atoms with van der Waals surface area (Å²) in [6, 6.07) is 7.63. The van der Waals surface area contributed by atoms with Gasteiger partial charge in [0.15, 0.2) is 0 Å². The molecule has 0 bridgehead atoms. The average molecular weight is 348 g/mol. The molecule has 1 heterocycles. The highest BCUT2D eigenvalue weighted by Crippen LogP contribution is 2.21. The molecule has 0 aromatic heterocycles. The Bertz CT molecular complexity index is 571. The molecule has 2 rings (SSSR count). The highest BCUT2D eigenvalue weighted by molar-refractivity contribution is 5.89. The smallest absolute Gasteiger partial charge is 0.225 e. The molecule has 1 saturated heterocycles. The van der Waals surface area contributed by atoms with Crippen molar-refractivity contribution in [3.63, 3.8) is 0 Å². The van der Waals surface area contributed by atoms with Gasteiger partial charge in [-0.25, -0.2) is 0 Å². The molecule has 0 aliphatic carbocycles. The summed E-state index contributed by atoms with van der Waals surface area (Å²) in [6.07, 6.45) is 1.26. The minimum Gasteiger partial charge on any atom is -0.497 e. The highest BCUT2D eigenvalue weighted by Gasteiger charge is 2.33. The van der Waals surface area contributed by atoms with Gasteiger partial charge in [-0.15, -0.1) is 0 Å². The van der Waals surface area contributed by atoms with E-state index in [0.29, 0.717) is 26.2 Å². The quantitative estimate of drug-likeness (QED) is 0.693. The van der Waals surface area contributed by atoms with Gasteiger partial charge in [0, 0.05) is 32.7 Å². The van der Waals surface area contributed by atoms with Crippen molar-refractivity contribution in [2.24, 2.45) is 5.92 Å². The highest BCUT2D eigenvalue weighted by atomic mass is 16.5. The van der Waals surface area contributed by atoms with Gasteiger partial charge in [0.25, 0.3) is 0 Å². The maximum absolute atomic E-state index is 12.2. The number of amides is 2. The molecule has 25 heavy (non-hydrogen) atoms. The number of nitrogens with zero attached hydrogens (tertiary/aromatic N) is 1. The first-order chi connectivity index (χ1) is 12.0. The summed E-state index contributed by atoms with van der Waals surface area (Å²) in [5, 5.41) is 2.90. The molecule has 6 heteroatoms. The van der Waals surface area contributed by atoms with E-state index in [-0.39, 0.29) is 30.3 Å². The summed E-state index contributed by atoms with van der Waals surface area (Å²) in [5.74, 6) is 0.501. The topological polar surface area (TPSA) is 67.9 Å². The van der Waals surface area contributed by atoms with Crippen LogP contribution in [-0.4, -0.2) is 49.6 Å². The monoisotopic (exact) mass is 348 g/mol. The Morgan fingerprint density at radius 1 is 1.32 bits per heavy atom. The lowest BCUT2D eigenvalue weighted by molar-refractivity contribution is -0.129. The number of hydrogen-bond acceptors (Lipinski definition) is 4. The van der Waals surface area contributed by atoms with Crippen LogP contribution >= 0.6 is 0 Å². The molecule has 1 aromatic rings. The second-order valence-electron chi connectivity index (χ2n) is 6.59. The molecule has 138 valence electrons. The molecule has 6 nitrogen and oxygen atoms in total. The van der Waals surface area contributed by atoms with Gasteiger partial charge in [-0.2, -0.15) is 0 Å². The molecule has 0 saturated carbocycles. The van der Waals surface area contributed by atoms with Gasteiger partial charge in [0.05, 0.1) is 19.1 Å². The summed E-state index contributed by atoms with van der Waals surface area (Å²) in [5.41, 5.74) is 1.03. The Morgan fingerprint density at radius 3 is 2.68 bits per heavy atom. The molecule has 2 amide bonds. The molecular weight excluding hydrogens is 320 g/mol. The lowest BCUT2D eigenvalue weighted by atomic mass is 10.1. The molecule has 1 atom stereocenters. The van der Waals surface area contributed by atoms with Crippen LogP contribution < -0.4 is 10.1 Å². The fourth-order valence-electron chi connectivity index (χ4n) is 2.80. The molecule has 1 N–H and O–H groups in total. The minimum absolute atomic E-state index is 0.0270. The third-order valence-corrected chi connectivity index (χ3v) is 4.19. The molecule has 1 aliphatic heterocycles. The molecular formula is C19H28N2O4. The van der Waals surface area contributed by atoms with E-state index in [1.165, 1.54) is 0 Å². The molecule has 1 aromatic carbocycles. The van der Waals surface area contributed by atoms with Crippen LogP contribution in [0.3, 0.4) is 0 Å². The minimum atomic E-state index is -0.267. The average Bonchev–Trinajstić information content (AvgIpc) is 2.95. The SMILES string of the molecule is COc1ccc(CN2C[C@H](C(=O)NCCCOC(C)C)CC2=O)cc1. The van der Waals surface area contributed by atoms with Crippen molar-refractivity contribution in [1.82, 2.24) is 10.2 Å². The Hall–Kier alpha value is -2.08. The van der Waals surface area contributed by atoms with Gasteiger partial charge < -0.3 is 19.7 Å². The Morgan fingerprint density at radius 2 is 2.04 bits per heavy atom. The first kappa shape index (κ1) is 19.2. The molecule has 0 unspecified atom stereocenters. The van der Waals surface area contributed by atoms with Gasteiger partial charge in [-0.3, -0.25) is 9.59 Å². The third kappa shape index (κ3) is 6.05. The second kappa shape index (κ2) is 9.42. The number of rotatable bonds is 9. The zero-order valence-electron chi connectivity index (χ0n) is 15.3. The van der Waals surface area contributed by atoms with Crippen molar-refractivity contribution >= 4 is 11.8 Å². The van der Waals surface area contributed by atoms with E-state index in [1.807, 2.05) is 38.1 Å². The number of hydrogen-bond donors (Lipinski definition) is 1. The van der Waals surface area contributed by atoms with Crippen molar-refractivity contribution in [3.8, 4) is 5.75 Å². The number of carbonyl (C=O) groups is 2. The second-order valence-corrected chi connectivity index (χ2v) is 6.59. The largest absolute Gasteiger partial charge is 0.497 e. The summed E-state index contributed by atoms with van der Waals surface area (Å²) in [4.78, 5) is 26.1. The van der Waals surface area contributed by atoms with E-state index >= 15 is 0 Å². The van der Waals surface area contributed by atoms with E-state index in [1.54, 1.807) is 12.0 Å². The van der Waals surface area contributed by atoms with Crippen LogP contribution in [0.2, 0.25) is 0 Å². The van der Waals surface area contributed by atoms with Crippen molar-refractivity contribution in [2.75, 3.05) is 26.8 Å². The number of carbonyl (C=O) groups excluding carboxylic acids is 2. The maximum atomic E-state index is 12.2. The normalized spacial score (nSPS) is 17.2. The number of benzene rings is 1. The Balaban J connectivity index is 1.75. The predicted molar refractivity (Wildman–Crippen MR) is 95.2 cm³/mol. The number of nitrogens with one attached hydrogen (secondary N) is 1. The van der Waals surface area contributed by atoms with Gasteiger partial charge in [-0.1, -0.05) is 12.1 Å². The van der Waals surface area contributed by atoms with Crippen molar-refractivity contribution in [1.29, 1.82) is 0 Å². The Labute approximate surface area is 149 Å². The van der Waals surface area contributed by atoms with E-state index in [2.05, 4.69) is 5.32 Å². The first-order valence-corrected chi connectivity index (χ1v) is 8.79. The summed E-state index contributed by atoms with van der Waals surface area (Å²) in [6.45, 7) is 6.17. The molecule has 1 fully saturated rings. The van der Waals surface area contributed by atoms with E-state index in [9.17, 15) is 9.59 Å². The predicted octanol–water partition coefficient (Wildman–Crippen LogP) is 1.97. The van der Waals surface area contributed by atoms with Crippen LogP contribution in [0.1, 0.15) is 32.3 Å². The summed E-state index contributed by atoms with van der Waals surface area (Å²) < 4.78 is 10.6. The number of methoxy groups -OCH3 is 1. The van der Waals surface area contributed by atoms with Crippen LogP contribution in [0.5, 0.6) is 5.75 Å². The Kier molecular flexibility index (Phi) is 7.25. The van der Waals surface area contributed by atoms with Crippen LogP contribution in [0.4, 0.5) is 0 Å².